The van der Waals surface area contributed by atoms with Crippen molar-refractivity contribution in [2.45, 2.75) is 25.0 Å². The zero-order valence-electron chi connectivity index (χ0n) is 20.8. The molecule has 0 radical (unpaired) electrons. The predicted molar refractivity (Wildman–Crippen MR) is 146 cm³/mol. The lowest BCUT2D eigenvalue weighted by atomic mass is 9.77. The molecular formula is C30H27FNO6P. The van der Waals surface area contributed by atoms with Crippen molar-refractivity contribution in [1.29, 1.82) is 0 Å². The number of para-hydroxylation sites is 1. The lowest BCUT2D eigenvalue weighted by molar-refractivity contribution is -0.131. The fourth-order valence-electron chi connectivity index (χ4n) is 5.09. The average Bonchev–Trinajstić information content (AvgIpc) is 2.92. The summed E-state index contributed by atoms with van der Waals surface area (Å²) in [4.78, 5) is 34.0. The number of nitrogens with zero attached hydrogens (tertiary/aromatic N) is 1. The molecule has 1 fully saturated rings. The van der Waals surface area contributed by atoms with E-state index in [0.29, 0.717) is 34.4 Å². The highest BCUT2D eigenvalue weighted by molar-refractivity contribution is 7.60. The van der Waals surface area contributed by atoms with Gasteiger partial charge < -0.3 is 24.9 Å². The van der Waals surface area contributed by atoms with Gasteiger partial charge in [0.2, 0.25) is 5.91 Å². The minimum absolute atomic E-state index is 0.0587. The fourth-order valence-corrected chi connectivity index (χ4v) is 5.68. The van der Waals surface area contributed by atoms with Crippen LogP contribution in [-0.2, 0) is 9.36 Å². The van der Waals surface area contributed by atoms with Crippen LogP contribution in [0.25, 0.3) is 11.1 Å². The summed E-state index contributed by atoms with van der Waals surface area (Å²) >= 11 is 0. The monoisotopic (exact) mass is 547 g/mol. The van der Waals surface area contributed by atoms with E-state index in [-0.39, 0.29) is 23.4 Å². The Kier molecular flexibility index (Phi) is 7.38. The van der Waals surface area contributed by atoms with E-state index in [1.54, 1.807) is 29.2 Å². The van der Waals surface area contributed by atoms with Gasteiger partial charge in [0.05, 0.1) is 23.4 Å². The lowest BCUT2D eigenvalue weighted by Gasteiger charge is -2.48. The summed E-state index contributed by atoms with van der Waals surface area (Å²) in [6, 6.07) is 25.2. The van der Waals surface area contributed by atoms with Crippen LogP contribution in [0.1, 0.15) is 36.1 Å². The summed E-state index contributed by atoms with van der Waals surface area (Å²) in [5.41, 5.74) is 2.85. The largest absolute Gasteiger partial charge is 0.508 e. The lowest BCUT2D eigenvalue weighted by Crippen LogP contribution is -2.55. The van der Waals surface area contributed by atoms with E-state index in [1.807, 2.05) is 30.3 Å². The molecule has 1 aliphatic rings. The second-order valence-electron chi connectivity index (χ2n) is 9.61. The third-order valence-electron chi connectivity index (χ3n) is 7.12. The summed E-state index contributed by atoms with van der Waals surface area (Å²) in [5.74, 6) is -1.09. The van der Waals surface area contributed by atoms with Crippen molar-refractivity contribution in [2.75, 3.05) is 4.90 Å². The molecule has 4 aromatic carbocycles. The Bertz CT molecular complexity index is 1540. The zero-order valence-corrected chi connectivity index (χ0v) is 21.7. The number of carbonyl (C=O) groups is 1. The quantitative estimate of drug-likeness (QED) is 0.178. The van der Waals surface area contributed by atoms with Crippen LogP contribution < -0.4 is 10.2 Å². The number of benzene rings is 4. The maximum Gasteiger partial charge on any atom is 0.356 e. The number of aliphatic hydroxyl groups excluding tert-OH is 1. The first kappa shape index (κ1) is 26.8. The smallest absolute Gasteiger partial charge is 0.356 e. The van der Waals surface area contributed by atoms with E-state index < -0.39 is 31.5 Å². The highest BCUT2D eigenvalue weighted by Gasteiger charge is 2.49. The van der Waals surface area contributed by atoms with Crippen LogP contribution in [0.2, 0.25) is 0 Å². The molecule has 1 amide bonds. The molecule has 0 unspecified atom stereocenters. The molecule has 1 aliphatic heterocycles. The van der Waals surface area contributed by atoms with Crippen LogP contribution >= 0.6 is 7.60 Å². The van der Waals surface area contributed by atoms with Crippen molar-refractivity contribution in [1.82, 2.24) is 0 Å². The molecule has 5 rings (SSSR count). The van der Waals surface area contributed by atoms with Gasteiger partial charge in [-0.3, -0.25) is 9.36 Å². The van der Waals surface area contributed by atoms with Gasteiger partial charge in [-0.15, -0.1) is 0 Å². The normalized spacial score (nSPS) is 18.1. The average molecular weight is 548 g/mol. The number of phenolic OH excluding ortho intramolecular Hbond substituents is 1. The maximum atomic E-state index is 13.3. The molecule has 1 heterocycles. The van der Waals surface area contributed by atoms with Crippen LogP contribution in [0, 0.1) is 11.7 Å². The Balaban J connectivity index is 1.44. The van der Waals surface area contributed by atoms with E-state index in [2.05, 4.69) is 0 Å². The van der Waals surface area contributed by atoms with Gasteiger partial charge in [0, 0.05) is 11.3 Å². The number of hydrogen-bond acceptors (Lipinski definition) is 4. The number of carbonyl (C=O) groups excluding carboxylic acids is 1. The van der Waals surface area contributed by atoms with Crippen LogP contribution in [0.5, 0.6) is 5.75 Å². The fraction of sp³-hybridized carbons (Fsp3) is 0.167. The number of halogens is 1. The summed E-state index contributed by atoms with van der Waals surface area (Å²) in [7, 11) is -4.44. The molecule has 3 atom stereocenters. The van der Waals surface area contributed by atoms with Crippen molar-refractivity contribution in [3.63, 3.8) is 0 Å². The molecule has 39 heavy (non-hydrogen) atoms. The Labute approximate surface area is 225 Å². The summed E-state index contributed by atoms with van der Waals surface area (Å²) in [6.45, 7) is 0. The summed E-state index contributed by atoms with van der Waals surface area (Å²) in [6.07, 6.45) is -0.256. The molecule has 0 bridgehead atoms. The molecule has 4 aromatic rings. The minimum Gasteiger partial charge on any atom is -0.508 e. The van der Waals surface area contributed by atoms with E-state index in [0.717, 1.165) is 0 Å². The number of hydrogen-bond donors (Lipinski definition) is 4. The van der Waals surface area contributed by atoms with Crippen LogP contribution in [0.15, 0.2) is 97.1 Å². The number of rotatable bonds is 8. The highest BCUT2D eigenvalue weighted by Crippen LogP contribution is 2.49. The van der Waals surface area contributed by atoms with Crippen LogP contribution in [0.3, 0.4) is 0 Å². The molecule has 0 spiro atoms. The van der Waals surface area contributed by atoms with Crippen molar-refractivity contribution < 1.29 is 33.7 Å². The molecule has 1 saturated heterocycles. The van der Waals surface area contributed by atoms with E-state index in [4.69, 9.17) is 0 Å². The second kappa shape index (κ2) is 10.8. The van der Waals surface area contributed by atoms with Gasteiger partial charge in [0.15, 0.2) is 0 Å². The van der Waals surface area contributed by atoms with Gasteiger partial charge in [-0.1, -0.05) is 54.6 Å². The third-order valence-corrected chi connectivity index (χ3v) is 8.07. The first-order chi connectivity index (χ1) is 18.6. The van der Waals surface area contributed by atoms with Crippen LogP contribution in [-0.4, -0.2) is 25.9 Å². The molecule has 0 aromatic heterocycles. The predicted octanol–water partition coefficient (Wildman–Crippen LogP) is 5.22. The van der Waals surface area contributed by atoms with Crippen LogP contribution in [0.4, 0.5) is 10.1 Å². The van der Waals surface area contributed by atoms with Crippen molar-refractivity contribution >= 4 is 24.5 Å². The molecule has 200 valence electrons. The Hall–Kier alpha value is -3.81. The van der Waals surface area contributed by atoms with E-state index >= 15 is 0 Å². The SMILES string of the molecule is O=C1[C@H](CC[C@H](O)c2ccc(F)cc2)[C@H](c2ccc(-c3cccc(P(=O)(O)O)c3)cc2O)N1c1ccccc1. The maximum absolute atomic E-state index is 13.3. The van der Waals surface area contributed by atoms with Crippen molar-refractivity contribution in [3.8, 4) is 16.9 Å². The minimum atomic E-state index is -4.44. The summed E-state index contributed by atoms with van der Waals surface area (Å²) in [5, 5.41) is 21.6. The Morgan fingerprint density at radius 2 is 1.56 bits per heavy atom. The third kappa shape index (κ3) is 5.51. The van der Waals surface area contributed by atoms with Gasteiger partial charge in [-0.05, 0) is 72.0 Å². The Morgan fingerprint density at radius 3 is 2.23 bits per heavy atom. The molecule has 9 heteroatoms. The number of aromatic hydroxyl groups is 1. The standard InChI is InChI=1S/C30H27FNO6P/c31-22-12-9-19(10-13-22)27(33)16-15-26-29(32(30(26)35)23-6-2-1-3-7-23)25-14-11-21(18-28(25)34)20-5-4-8-24(17-20)39(36,37)38/h1-14,17-18,26-27,29,33-34H,15-16H2,(H2,36,37,38)/t26-,27+,29+/m1/s1. The van der Waals surface area contributed by atoms with Gasteiger partial charge in [-0.25, -0.2) is 4.39 Å². The topological polar surface area (TPSA) is 118 Å². The van der Waals surface area contributed by atoms with Crippen molar-refractivity contribution in [3.05, 3.63) is 114 Å². The van der Waals surface area contributed by atoms with Gasteiger partial charge >= 0.3 is 7.60 Å². The number of phenols is 1. The Morgan fingerprint density at radius 1 is 0.872 bits per heavy atom. The van der Waals surface area contributed by atoms with E-state index in [9.17, 15) is 33.7 Å². The molecule has 4 N–H and O–H groups in total. The number of β-lactam (4-membered cyclic amide) rings is 1. The first-order valence-electron chi connectivity index (χ1n) is 12.4. The molecular weight excluding hydrogens is 520 g/mol. The second-order valence-corrected chi connectivity index (χ2v) is 11.2. The zero-order chi connectivity index (χ0) is 27.7. The van der Waals surface area contributed by atoms with Gasteiger partial charge in [-0.2, -0.15) is 0 Å². The number of anilines is 1. The van der Waals surface area contributed by atoms with Crippen molar-refractivity contribution in [2.24, 2.45) is 5.92 Å². The number of aliphatic hydroxyl groups is 1. The highest BCUT2D eigenvalue weighted by atomic mass is 31.2. The molecule has 7 nitrogen and oxygen atoms in total. The van der Waals surface area contributed by atoms with Gasteiger partial charge in [0.25, 0.3) is 0 Å². The first-order valence-corrected chi connectivity index (χ1v) is 14.1. The number of amides is 1. The molecule has 0 aliphatic carbocycles. The summed E-state index contributed by atoms with van der Waals surface area (Å²) < 4.78 is 25.0. The van der Waals surface area contributed by atoms with Gasteiger partial charge in [0.1, 0.15) is 11.6 Å². The molecule has 0 saturated carbocycles. The van der Waals surface area contributed by atoms with E-state index in [1.165, 1.54) is 42.5 Å².